The van der Waals surface area contributed by atoms with Crippen LogP contribution in [0.5, 0.6) is 0 Å². The summed E-state index contributed by atoms with van der Waals surface area (Å²) in [5.74, 6) is 0.632. The predicted octanol–water partition coefficient (Wildman–Crippen LogP) is 2.44. The molecule has 0 bridgehead atoms. The second-order valence-corrected chi connectivity index (χ2v) is 8.99. The summed E-state index contributed by atoms with van der Waals surface area (Å²) in [7, 11) is 1.89. The minimum atomic E-state index is -0.665. The number of imide groups is 1. The van der Waals surface area contributed by atoms with Crippen molar-refractivity contribution in [2.24, 2.45) is 16.3 Å². The van der Waals surface area contributed by atoms with Crippen LogP contribution in [0, 0.1) is 11.3 Å². The Morgan fingerprint density at radius 1 is 1.21 bits per heavy atom. The van der Waals surface area contributed by atoms with Crippen LogP contribution in [-0.2, 0) is 14.3 Å². The molecule has 2 aliphatic heterocycles. The number of fused-ring (bicyclic) bond motifs is 1. The Bertz CT molecular complexity index is 678. The maximum absolute atomic E-state index is 13.1. The van der Waals surface area contributed by atoms with Gasteiger partial charge in [0.1, 0.15) is 5.84 Å². The molecular formula is C20H32N4O4. The van der Waals surface area contributed by atoms with Gasteiger partial charge in [0, 0.05) is 19.5 Å². The zero-order valence-electron chi connectivity index (χ0n) is 17.6. The molecule has 8 nitrogen and oxygen atoms in total. The molecule has 156 valence electrons. The van der Waals surface area contributed by atoms with Crippen LogP contribution in [0.3, 0.4) is 0 Å². The average molecular weight is 393 g/mol. The minimum Gasteiger partial charge on any atom is -0.444 e. The molecule has 1 aliphatic carbocycles. The van der Waals surface area contributed by atoms with E-state index in [1.807, 2.05) is 18.9 Å². The van der Waals surface area contributed by atoms with Crippen LogP contribution < -0.4 is 0 Å². The van der Waals surface area contributed by atoms with E-state index in [0.717, 1.165) is 31.5 Å². The summed E-state index contributed by atoms with van der Waals surface area (Å²) < 4.78 is 5.42. The number of aliphatic imine (C=N–C) groups is 1. The van der Waals surface area contributed by atoms with Gasteiger partial charge in [0.2, 0.25) is 0 Å². The second kappa shape index (κ2) is 7.72. The highest BCUT2D eigenvalue weighted by Crippen LogP contribution is 2.35. The number of hydrogen-bond acceptors (Lipinski definition) is 6. The molecule has 0 aromatic heterocycles. The number of nitrogens with zero attached hydrogens (tertiary/aromatic N) is 4. The summed E-state index contributed by atoms with van der Waals surface area (Å²) in [6.45, 7) is 7.37. The lowest BCUT2D eigenvalue weighted by Gasteiger charge is -2.42. The Balaban J connectivity index is 1.87. The van der Waals surface area contributed by atoms with Crippen LogP contribution in [0.1, 0.15) is 59.8 Å². The molecule has 0 radical (unpaired) electrons. The van der Waals surface area contributed by atoms with Gasteiger partial charge in [-0.25, -0.2) is 9.79 Å². The number of esters is 1. The number of hydrogen-bond donors (Lipinski definition) is 0. The lowest BCUT2D eigenvalue weighted by Crippen LogP contribution is -2.66. The first-order chi connectivity index (χ1) is 13.2. The van der Waals surface area contributed by atoms with E-state index >= 15 is 0 Å². The lowest BCUT2D eigenvalue weighted by molar-refractivity contribution is -0.159. The van der Waals surface area contributed by atoms with Gasteiger partial charge in [-0.15, -0.1) is 0 Å². The van der Waals surface area contributed by atoms with Crippen LogP contribution in [0.4, 0.5) is 4.79 Å². The highest BCUT2D eigenvalue weighted by atomic mass is 16.5. The fourth-order valence-electron chi connectivity index (χ4n) is 4.18. The highest BCUT2D eigenvalue weighted by molar-refractivity contribution is 6.04. The molecule has 1 saturated heterocycles. The van der Waals surface area contributed by atoms with Gasteiger partial charge in [0.05, 0.1) is 5.41 Å². The van der Waals surface area contributed by atoms with Crippen molar-refractivity contribution in [3.05, 3.63) is 0 Å². The number of rotatable bonds is 5. The topological polar surface area (TPSA) is 82.5 Å². The molecule has 3 amide bonds. The van der Waals surface area contributed by atoms with E-state index in [1.54, 1.807) is 20.8 Å². The van der Waals surface area contributed by atoms with Crippen LogP contribution in [0.2, 0.25) is 0 Å². The summed E-state index contributed by atoms with van der Waals surface area (Å²) in [4.78, 5) is 47.8. The Morgan fingerprint density at radius 3 is 2.43 bits per heavy atom. The highest BCUT2D eigenvalue weighted by Gasteiger charge is 2.53. The molecule has 8 heteroatoms. The van der Waals surface area contributed by atoms with E-state index < -0.39 is 23.7 Å². The third-order valence-electron chi connectivity index (χ3n) is 5.76. The third kappa shape index (κ3) is 3.61. The SMILES string of the molecule is CCCN1C(=O)C2C(N=C(C3CCCC3)N2C)N(COC(=O)C(C)(C)C)C1=O. The Morgan fingerprint density at radius 2 is 1.86 bits per heavy atom. The van der Waals surface area contributed by atoms with E-state index in [0.29, 0.717) is 18.9 Å². The van der Waals surface area contributed by atoms with Gasteiger partial charge in [-0.1, -0.05) is 19.8 Å². The van der Waals surface area contributed by atoms with Gasteiger partial charge in [0.15, 0.2) is 18.9 Å². The quantitative estimate of drug-likeness (QED) is 0.671. The van der Waals surface area contributed by atoms with Crippen LogP contribution >= 0.6 is 0 Å². The first kappa shape index (κ1) is 20.6. The van der Waals surface area contributed by atoms with Crippen molar-refractivity contribution in [2.75, 3.05) is 20.3 Å². The van der Waals surface area contributed by atoms with E-state index in [-0.39, 0.29) is 18.6 Å². The largest absolute Gasteiger partial charge is 0.444 e. The number of amidine groups is 1. The Hall–Kier alpha value is -2.12. The monoisotopic (exact) mass is 392 g/mol. The Kier molecular flexibility index (Phi) is 5.68. The van der Waals surface area contributed by atoms with Crippen molar-refractivity contribution in [1.29, 1.82) is 0 Å². The smallest absolute Gasteiger partial charge is 0.331 e. The summed E-state index contributed by atoms with van der Waals surface area (Å²) >= 11 is 0. The molecule has 3 rings (SSSR count). The minimum absolute atomic E-state index is 0.196. The van der Waals surface area contributed by atoms with Crippen molar-refractivity contribution in [3.8, 4) is 0 Å². The molecule has 0 aromatic carbocycles. The number of urea groups is 1. The van der Waals surface area contributed by atoms with Gasteiger partial charge in [-0.05, 0) is 40.0 Å². The van der Waals surface area contributed by atoms with Gasteiger partial charge < -0.3 is 9.64 Å². The second-order valence-electron chi connectivity index (χ2n) is 8.99. The molecular weight excluding hydrogens is 360 g/mol. The van der Waals surface area contributed by atoms with Gasteiger partial charge in [-0.2, -0.15) is 0 Å². The molecule has 2 unspecified atom stereocenters. The number of amides is 3. The van der Waals surface area contributed by atoms with Crippen LogP contribution in [0.15, 0.2) is 4.99 Å². The molecule has 1 saturated carbocycles. The van der Waals surface area contributed by atoms with Crippen LogP contribution in [-0.4, -0.2) is 71.0 Å². The third-order valence-corrected chi connectivity index (χ3v) is 5.76. The number of carbonyl (C=O) groups excluding carboxylic acids is 3. The normalized spacial score (nSPS) is 26.0. The summed E-state index contributed by atoms with van der Waals surface area (Å²) in [5.41, 5.74) is -0.665. The maximum Gasteiger partial charge on any atom is 0.331 e. The fraction of sp³-hybridized carbons (Fsp3) is 0.800. The van der Waals surface area contributed by atoms with E-state index in [4.69, 9.17) is 9.73 Å². The Labute approximate surface area is 166 Å². The summed E-state index contributed by atoms with van der Waals surface area (Å²) in [6.07, 6.45) is 4.47. The maximum atomic E-state index is 13.1. The number of carbonyl (C=O) groups is 3. The lowest BCUT2D eigenvalue weighted by atomic mass is 9.97. The molecule has 28 heavy (non-hydrogen) atoms. The van der Waals surface area contributed by atoms with Crippen molar-refractivity contribution < 1.29 is 19.1 Å². The summed E-state index contributed by atoms with van der Waals surface area (Å²) in [5, 5.41) is 0. The number of ether oxygens (including phenoxy) is 1. The van der Waals surface area contributed by atoms with Crippen molar-refractivity contribution >= 4 is 23.7 Å². The van der Waals surface area contributed by atoms with Crippen molar-refractivity contribution in [3.63, 3.8) is 0 Å². The molecule has 2 heterocycles. The van der Waals surface area contributed by atoms with E-state index in [2.05, 4.69) is 0 Å². The van der Waals surface area contributed by atoms with Crippen LogP contribution in [0.25, 0.3) is 0 Å². The van der Waals surface area contributed by atoms with Gasteiger partial charge in [-0.3, -0.25) is 19.4 Å². The summed E-state index contributed by atoms with van der Waals surface area (Å²) in [6, 6.07) is -0.979. The zero-order chi connectivity index (χ0) is 20.6. The molecule has 0 aromatic rings. The standard InChI is InChI=1S/C20H32N4O4/c1-6-11-23-17(25)14-16(21-15(22(14)5)13-9-7-8-10-13)24(19(23)27)12-28-18(26)20(2,3)4/h13-14,16H,6-12H2,1-5H3. The molecule has 0 N–H and O–H groups in total. The van der Waals surface area contributed by atoms with Crippen molar-refractivity contribution in [2.45, 2.75) is 72.0 Å². The molecule has 2 atom stereocenters. The molecule has 2 fully saturated rings. The zero-order valence-corrected chi connectivity index (χ0v) is 17.6. The molecule has 3 aliphatic rings. The number of likely N-dealkylation sites (N-methyl/N-ethyl adjacent to an activating group) is 1. The first-order valence-electron chi connectivity index (χ1n) is 10.3. The average Bonchev–Trinajstić information content (AvgIpc) is 3.25. The predicted molar refractivity (Wildman–Crippen MR) is 104 cm³/mol. The van der Waals surface area contributed by atoms with Crippen molar-refractivity contribution in [1.82, 2.24) is 14.7 Å². The van der Waals surface area contributed by atoms with E-state index in [9.17, 15) is 14.4 Å². The van der Waals surface area contributed by atoms with Gasteiger partial charge >= 0.3 is 12.0 Å². The molecule has 0 spiro atoms. The first-order valence-corrected chi connectivity index (χ1v) is 10.3. The fourth-order valence-corrected chi connectivity index (χ4v) is 4.18. The van der Waals surface area contributed by atoms with E-state index in [1.165, 1.54) is 9.80 Å². The van der Waals surface area contributed by atoms with Gasteiger partial charge in [0.25, 0.3) is 5.91 Å².